The number of carboxylic acids is 1. The highest BCUT2D eigenvalue weighted by Crippen LogP contribution is 2.19. The smallest absolute Gasteiger partial charge is 0.319 e. The molecule has 1 unspecified atom stereocenters. The van der Waals surface area contributed by atoms with Crippen LogP contribution in [-0.4, -0.2) is 35.6 Å². The van der Waals surface area contributed by atoms with Crippen LogP contribution in [0.15, 0.2) is 48.5 Å². The Morgan fingerprint density at radius 1 is 1.11 bits per heavy atom. The molecule has 3 amide bonds. The molecule has 1 aliphatic carbocycles. The largest absolute Gasteiger partial charge is 0.481 e. The number of benzene rings is 2. The summed E-state index contributed by atoms with van der Waals surface area (Å²) in [6.45, 7) is -0.153. The minimum atomic E-state index is -1.13. The van der Waals surface area contributed by atoms with Crippen molar-refractivity contribution in [2.75, 3.05) is 11.9 Å². The second-order valence-electron chi connectivity index (χ2n) is 6.61. The zero-order valence-electron chi connectivity index (χ0n) is 14.9. The SMILES string of the molecule is O=C(Nc1cccc(C(=O)NCC(C(=O)O)c2ccc(F)cc2)c1)NC1CC1. The van der Waals surface area contributed by atoms with Crippen LogP contribution in [0.1, 0.15) is 34.7 Å². The van der Waals surface area contributed by atoms with Crippen LogP contribution in [0.25, 0.3) is 0 Å². The number of urea groups is 1. The molecule has 1 atom stereocenters. The van der Waals surface area contributed by atoms with Crippen LogP contribution in [0.5, 0.6) is 0 Å². The molecule has 146 valence electrons. The maximum atomic E-state index is 13.0. The fraction of sp³-hybridized carbons (Fsp3) is 0.250. The molecule has 2 aromatic carbocycles. The van der Waals surface area contributed by atoms with Crippen molar-refractivity contribution in [1.82, 2.24) is 10.6 Å². The summed E-state index contributed by atoms with van der Waals surface area (Å²) in [5.41, 5.74) is 1.13. The van der Waals surface area contributed by atoms with Gasteiger partial charge in [-0.3, -0.25) is 9.59 Å². The first-order valence-corrected chi connectivity index (χ1v) is 8.86. The number of rotatable bonds is 7. The van der Waals surface area contributed by atoms with Gasteiger partial charge in [-0.05, 0) is 48.7 Å². The van der Waals surface area contributed by atoms with Gasteiger partial charge in [0.15, 0.2) is 0 Å². The van der Waals surface area contributed by atoms with E-state index in [1.54, 1.807) is 18.2 Å². The Kier molecular flexibility index (Phi) is 5.88. The highest BCUT2D eigenvalue weighted by Gasteiger charge is 2.23. The number of anilines is 1. The van der Waals surface area contributed by atoms with Crippen LogP contribution in [0.2, 0.25) is 0 Å². The van der Waals surface area contributed by atoms with E-state index in [9.17, 15) is 23.9 Å². The van der Waals surface area contributed by atoms with Crippen LogP contribution in [0.3, 0.4) is 0 Å². The van der Waals surface area contributed by atoms with Crippen molar-refractivity contribution in [3.8, 4) is 0 Å². The molecule has 28 heavy (non-hydrogen) atoms. The Labute approximate surface area is 160 Å². The Hall–Kier alpha value is -3.42. The van der Waals surface area contributed by atoms with Crippen LogP contribution in [0.4, 0.5) is 14.9 Å². The summed E-state index contributed by atoms with van der Waals surface area (Å²) in [5.74, 6) is -3.07. The van der Waals surface area contributed by atoms with Crippen molar-refractivity contribution in [2.24, 2.45) is 0 Å². The molecule has 0 saturated heterocycles. The number of carbonyl (C=O) groups excluding carboxylic acids is 2. The van der Waals surface area contributed by atoms with Gasteiger partial charge >= 0.3 is 12.0 Å². The molecule has 7 nitrogen and oxygen atoms in total. The lowest BCUT2D eigenvalue weighted by molar-refractivity contribution is -0.138. The van der Waals surface area contributed by atoms with Crippen molar-refractivity contribution in [1.29, 1.82) is 0 Å². The summed E-state index contributed by atoms with van der Waals surface area (Å²) in [6, 6.07) is 11.3. The monoisotopic (exact) mass is 385 g/mol. The Morgan fingerprint density at radius 3 is 2.46 bits per heavy atom. The van der Waals surface area contributed by atoms with E-state index < -0.39 is 23.6 Å². The molecule has 0 bridgehead atoms. The lowest BCUT2D eigenvalue weighted by atomic mass is 9.99. The van der Waals surface area contributed by atoms with Gasteiger partial charge in [0.25, 0.3) is 5.91 Å². The van der Waals surface area contributed by atoms with Gasteiger partial charge in [-0.1, -0.05) is 18.2 Å². The first-order valence-electron chi connectivity index (χ1n) is 8.86. The third kappa shape index (κ3) is 5.29. The van der Waals surface area contributed by atoms with E-state index in [1.807, 2.05) is 0 Å². The van der Waals surface area contributed by atoms with Crippen molar-refractivity contribution >= 4 is 23.6 Å². The average Bonchev–Trinajstić information content (AvgIpc) is 3.47. The quantitative estimate of drug-likeness (QED) is 0.588. The fourth-order valence-corrected chi connectivity index (χ4v) is 2.66. The summed E-state index contributed by atoms with van der Waals surface area (Å²) in [6.07, 6.45) is 1.93. The van der Waals surface area contributed by atoms with Crippen LogP contribution < -0.4 is 16.0 Å². The van der Waals surface area contributed by atoms with Crippen molar-refractivity contribution in [3.63, 3.8) is 0 Å². The second kappa shape index (κ2) is 8.51. The lowest BCUT2D eigenvalue weighted by Gasteiger charge is -2.14. The zero-order valence-corrected chi connectivity index (χ0v) is 14.9. The van der Waals surface area contributed by atoms with Gasteiger partial charge in [-0.25, -0.2) is 9.18 Å². The number of nitrogens with one attached hydrogen (secondary N) is 3. The molecule has 1 fully saturated rings. The molecule has 0 spiro atoms. The molecule has 4 N–H and O–H groups in total. The first-order chi connectivity index (χ1) is 13.4. The number of halogens is 1. The fourth-order valence-electron chi connectivity index (χ4n) is 2.66. The maximum Gasteiger partial charge on any atom is 0.319 e. The van der Waals surface area contributed by atoms with E-state index in [0.717, 1.165) is 12.8 Å². The number of amides is 3. The predicted molar refractivity (Wildman–Crippen MR) is 101 cm³/mol. The van der Waals surface area contributed by atoms with Crippen LogP contribution >= 0.6 is 0 Å². The van der Waals surface area contributed by atoms with E-state index in [1.165, 1.54) is 30.3 Å². The lowest BCUT2D eigenvalue weighted by Crippen LogP contribution is -2.32. The maximum absolute atomic E-state index is 13.0. The molecule has 1 saturated carbocycles. The van der Waals surface area contributed by atoms with Gasteiger partial charge in [-0.2, -0.15) is 0 Å². The number of hydrogen-bond acceptors (Lipinski definition) is 3. The third-order valence-electron chi connectivity index (χ3n) is 4.33. The van der Waals surface area contributed by atoms with Crippen molar-refractivity contribution in [2.45, 2.75) is 24.8 Å². The number of carboxylic acid groups (broad SMARTS) is 1. The molecular weight excluding hydrogens is 365 g/mol. The number of hydrogen-bond donors (Lipinski definition) is 4. The summed E-state index contributed by atoms with van der Waals surface area (Å²) in [4.78, 5) is 35.7. The van der Waals surface area contributed by atoms with E-state index in [4.69, 9.17) is 0 Å². The van der Waals surface area contributed by atoms with E-state index in [2.05, 4.69) is 16.0 Å². The van der Waals surface area contributed by atoms with Crippen molar-refractivity contribution in [3.05, 3.63) is 65.5 Å². The van der Waals surface area contributed by atoms with E-state index in [0.29, 0.717) is 11.3 Å². The number of aliphatic carboxylic acids is 1. The number of carbonyl (C=O) groups is 3. The molecular formula is C20H20FN3O4. The molecule has 3 rings (SSSR count). The Bertz CT molecular complexity index is 881. The molecule has 0 radical (unpaired) electrons. The highest BCUT2D eigenvalue weighted by molar-refractivity contribution is 5.97. The van der Waals surface area contributed by atoms with E-state index in [-0.39, 0.29) is 24.2 Å². The first kappa shape index (κ1) is 19.3. The van der Waals surface area contributed by atoms with Crippen LogP contribution in [-0.2, 0) is 4.79 Å². The third-order valence-corrected chi connectivity index (χ3v) is 4.33. The summed E-state index contributed by atoms with van der Waals surface area (Å²) in [7, 11) is 0. The topological polar surface area (TPSA) is 108 Å². The predicted octanol–water partition coefficient (Wildman–Crippen LogP) is 2.71. The summed E-state index contributed by atoms with van der Waals surface area (Å²) >= 11 is 0. The summed E-state index contributed by atoms with van der Waals surface area (Å²) < 4.78 is 13.0. The summed E-state index contributed by atoms with van der Waals surface area (Å²) in [5, 5.41) is 17.4. The van der Waals surface area contributed by atoms with Gasteiger partial charge < -0.3 is 21.1 Å². The van der Waals surface area contributed by atoms with E-state index >= 15 is 0 Å². The van der Waals surface area contributed by atoms with Gasteiger partial charge in [0.2, 0.25) is 0 Å². The molecule has 1 aliphatic rings. The normalized spacial score (nSPS) is 14.0. The van der Waals surface area contributed by atoms with Crippen molar-refractivity contribution < 1.29 is 23.9 Å². The molecule has 0 heterocycles. The minimum absolute atomic E-state index is 0.153. The molecule has 2 aromatic rings. The van der Waals surface area contributed by atoms with Gasteiger partial charge in [0, 0.05) is 23.8 Å². The second-order valence-corrected chi connectivity index (χ2v) is 6.61. The highest BCUT2D eigenvalue weighted by atomic mass is 19.1. The molecule has 8 heteroatoms. The Morgan fingerprint density at radius 2 is 1.82 bits per heavy atom. The van der Waals surface area contributed by atoms with Gasteiger partial charge in [-0.15, -0.1) is 0 Å². The zero-order chi connectivity index (χ0) is 20.1. The molecule has 0 aliphatic heterocycles. The molecule has 0 aromatic heterocycles. The minimum Gasteiger partial charge on any atom is -0.481 e. The Balaban J connectivity index is 1.61. The van der Waals surface area contributed by atoms with Gasteiger partial charge in [0.1, 0.15) is 5.82 Å². The van der Waals surface area contributed by atoms with Crippen LogP contribution in [0, 0.1) is 5.82 Å². The average molecular weight is 385 g/mol. The standard InChI is InChI=1S/C20H20FN3O4/c21-14-6-4-12(5-7-14)17(19(26)27)11-22-18(25)13-2-1-3-16(10-13)24-20(28)23-15-8-9-15/h1-7,10,15,17H,8-9,11H2,(H,22,25)(H,26,27)(H2,23,24,28). The van der Waals surface area contributed by atoms with Gasteiger partial charge in [0.05, 0.1) is 5.92 Å².